The lowest BCUT2D eigenvalue weighted by Crippen LogP contribution is -2.51. The van der Waals surface area contributed by atoms with Crippen LogP contribution in [0.4, 0.5) is 5.69 Å². The van der Waals surface area contributed by atoms with Crippen LogP contribution >= 0.6 is 49.6 Å². The Hall–Kier alpha value is -1.79. The molecule has 0 aliphatic carbocycles. The predicted octanol–water partition coefficient (Wildman–Crippen LogP) is 5.00. The van der Waals surface area contributed by atoms with Crippen molar-refractivity contribution in [1.29, 1.82) is 0 Å². The van der Waals surface area contributed by atoms with E-state index >= 15 is 0 Å². The molecule has 2 aromatic rings. The number of carbonyl (C=O) groups is 2. The summed E-state index contributed by atoms with van der Waals surface area (Å²) in [4.78, 5) is 30.5. The number of pyridine rings is 1. The van der Waals surface area contributed by atoms with E-state index in [-0.39, 0.29) is 72.9 Å². The van der Waals surface area contributed by atoms with E-state index in [4.69, 9.17) is 26.9 Å². The fourth-order valence-electron chi connectivity index (χ4n) is 4.61. The quantitative estimate of drug-likeness (QED) is 0.117. The number of nitrogens with one attached hydrogen (secondary N) is 3. The molecule has 0 aliphatic heterocycles. The Morgan fingerprint density at radius 2 is 1.51 bits per heavy atom. The van der Waals surface area contributed by atoms with Crippen molar-refractivity contribution in [2.45, 2.75) is 103 Å². The van der Waals surface area contributed by atoms with Gasteiger partial charge in [-0.05, 0) is 77.1 Å². The normalized spacial score (nSPS) is 12.6. The third kappa shape index (κ3) is 16.6. The van der Waals surface area contributed by atoms with Crippen LogP contribution in [0.3, 0.4) is 0 Å². The number of ether oxygens (including phenoxy) is 1. The van der Waals surface area contributed by atoms with Crippen LogP contribution in [0.1, 0.15) is 84.8 Å². The Labute approximate surface area is 294 Å². The second-order valence-corrected chi connectivity index (χ2v) is 11.9. The summed E-state index contributed by atoms with van der Waals surface area (Å²) < 4.78 is 5.53. The largest absolute Gasteiger partial charge is 0.497 e. The molecule has 14 heteroatoms. The zero-order valence-corrected chi connectivity index (χ0v) is 30.6. The second-order valence-electron chi connectivity index (χ2n) is 11.9. The van der Waals surface area contributed by atoms with Crippen molar-refractivity contribution in [3.63, 3.8) is 0 Å². The number of carbonyl (C=O) groups excluding carboxylic acids is 2. The highest BCUT2D eigenvalue weighted by Gasteiger charge is 2.23. The lowest BCUT2D eigenvalue weighted by Gasteiger charge is -2.22. The second kappa shape index (κ2) is 24.4. The first-order chi connectivity index (χ1) is 19.5. The highest BCUT2D eigenvalue weighted by molar-refractivity contribution is 5.92. The van der Waals surface area contributed by atoms with Crippen LogP contribution in [0, 0.1) is 0 Å². The molecule has 0 spiro atoms. The van der Waals surface area contributed by atoms with Gasteiger partial charge >= 0.3 is 0 Å². The summed E-state index contributed by atoms with van der Waals surface area (Å²) in [7, 11) is 1.66. The van der Waals surface area contributed by atoms with Crippen molar-refractivity contribution >= 4 is 78.0 Å². The minimum Gasteiger partial charge on any atom is -0.497 e. The minimum atomic E-state index is -0.653. The monoisotopic (exact) mass is 715 g/mol. The van der Waals surface area contributed by atoms with E-state index in [1.807, 2.05) is 12.1 Å². The van der Waals surface area contributed by atoms with Crippen molar-refractivity contribution in [3.05, 3.63) is 30.0 Å². The number of anilines is 1. The van der Waals surface area contributed by atoms with Crippen molar-refractivity contribution in [1.82, 2.24) is 15.6 Å². The van der Waals surface area contributed by atoms with E-state index < -0.39 is 12.1 Å². The van der Waals surface area contributed by atoms with Crippen LogP contribution in [-0.2, 0) is 15.0 Å². The smallest absolute Gasteiger partial charge is 0.242 e. The lowest BCUT2D eigenvalue weighted by molar-refractivity contribution is -0.129. The van der Waals surface area contributed by atoms with Crippen LogP contribution in [0.15, 0.2) is 24.3 Å². The summed E-state index contributed by atoms with van der Waals surface area (Å²) in [6.07, 6.45) is 5.79. The Kier molecular flexibility index (Phi) is 25.8. The molecule has 0 saturated carbocycles. The van der Waals surface area contributed by atoms with Crippen LogP contribution in [-0.4, -0.2) is 61.7 Å². The Bertz CT molecular complexity index is 1120. The number of hydrogen-bond donors (Lipinski definition) is 6. The van der Waals surface area contributed by atoms with Crippen LogP contribution in [0.25, 0.3) is 10.9 Å². The van der Waals surface area contributed by atoms with Gasteiger partial charge in [0.05, 0.1) is 24.4 Å². The Morgan fingerprint density at radius 3 is 2.09 bits per heavy atom. The lowest BCUT2D eigenvalue weighted by atomic mass is 9.91. The zero-order chi connectivity index (χ0) is 30.4. The van der Waals surface area contributed by atoms with Crippen LogP contribution in [0.2, 0.25) is 0 Å². The maximum absolute atomic E-state index is 13.0. The van der Waals surface area contributed by atoms with E-state index in [1.165, 1.54) is 0 Å². The third-order valence-corrected chi connectivity index (χ3v) is 7.17. The molecule has 0 aliphatic rings. The number of rotatable bonds is 18. The van der Waals surface area contributed by atoms with Gasteiger partial charge in [0.1, 0.15) is 11.8 Å². The molecule has 2 rings (SSSR count). The molecule has 0 radical (unpaired) electrons. The Balaban J connectivity index is -0.00000441. The van der Waals surface area contributed by atoms with Crippen molar-refractivity contribution in [3.8, 4) is 5.75 Å². The summed E-state index contributed by atoms with van der Waals surface area (Å²) in [5.41, 5.74) is 20.0. The molecular weight excluding hydrogens is 660 g/mol. The first-order valence-corrected chi connectivity index (χ1v) is 15.0. The predicted molar refractivity (Wildman–Crippen MR) is 197 cm³/mol. The molecule has 2 amide bonds. The number of halogens is 4. The van der Waals surface area contributed by atoms with Crippen molar-refractivity contribution < 1.29 is 14.3 Å². The van der Waals surface area contributed by atoms with Gasteiger partial charge in [0.25, 0.3) is 0 Å². The van der Waals surface area contributed by atoms with E-state index in [2.05, 4.69) is 55.8 Å². The molecule has 10 nitrogen and oxygen atoms in total. The molecule has 0 saturated heterocycles. The Morgan fingerprint density at radius 1 is 0.889 bits per heavy atom. The maximum atomic E-state index is 13.0. The molecule has 1 aromatic heterocycles. The van der Waals surface area contributed by atoms with E-state index in [0.29, 0.717) is 32.5 Å². The number of benzene rings is 1. The molecule has 45 heavy (non-hydrogen) atoms. The number of nitrogens with two attached hydrogens (primary N) is 3. The highest BCUT2D eigenvalue weighted by atomic mass is 35.5. The van der Waals surface area contributed by atoms with Crippen LogP contribution in [0.5, 0.6) is 5.75 Å². The third-order valence-electron chi connectivity index (χ3n) is 7.17. The zero-order valence-electron chi connectivity index (χ0n) is 27.4. The number of aromatic nitrogens is 1. The summed E-state index contributed by atoms with van der Waals surface area (Å²) in [6.45, 7) is 10.2. The topological polar surface area (TPSA) is 170 Å². The number of hydrogen-bond acceptors (Lipinski definition) is 8. The molecule has 1 aromatic carbocycles. The maximum Gasteiger partial charge on any atom is 0.242 e. The van der Waals surface area contributed by atoms with Gasteiger partial charge in [-0.15, -0.1) is 49.6 Å². The molecule has 0 fully saturated rings. The van der Waals surface area contributed by atoms with Gasteiger partial charge in [0.15, 0.2) is 0 Å². The van der Waals surface area contributed by atoms with Gasteiger partial charge in [-0.1, -0.05) is 33.3 Å². The average molecular weight is 718 g/mol. The molecule has 1 heterocycles. The van der Waals surface area contributed by atoms with E-state index in [0.717, 1.165) is 66.6 Å². The highest BCUT2D eigenvalue weighted by Crippen LogP contribution is 2.31. The van der Waals surface area contributed by atoms with Crippen molar-refractivity contribution in [2.24, 2.45) is 17.2 Å². The molecular formula is C31H57Cl4N7O3. The number of unbranched alkanes of at least 4 members (excludes halogenated alkanes) is 2. The molecule has 9 N–H and O–H groups in total. The number of methoxy groups -OCH3 is 1. The van der Waals surface area contributed by atoms with Gasteiger partial charge in [0, 0.05) is 35.1 Å². The first-order valence-electron chi connectivity index (χ1n) is 15.0. The van der Waals surface area contributed by atoms with Crippen molar-refractivity contribution in [2.75, 3.05) is 32.1 Å². The molecule has 3 atom stereocenters. The molecule has 0 bridgehead atoms. The summed E-state index contributed by atoms with van der Waals surface area (Å²) in [6, 6.07) is 6.99. The van der Waals surface area contributed by atoms with Gasteiger partial charge in [-0.3, -0.25) is 14.6 Å². The minimum absolute atomic E-state index is 0. The standard InChI is InChI=1S/C31H53N7O3.4ClH/c1-21(36-26-20-23(41-5)19-22-14-15-27(31(2,3)4)38-28(22)26)11-10-18-35-30(40)25(13-7-9-17-33)37-29(39)24(34)12-6-8-16-32;;;;/h14-15,19-21,24-25,36H,6-13,16-18,32-34H2,1-5H3,(H,35,40)(H,37,39);4*1H/t21?,24-,25-;;;;/m0..../s1. The number of fused-ring (bicyclic) bond motifs is 1. The first kappa shape index (κ1) is 47.6. The summed E-state index contributed by atoms with van der Waals surface area (Å²) in [5, 5.41) is 10.5. The van der Waals surface area contributed by atoms with Gasteiger partial charge in [-0.2, -0.15) is 0 Å². The summed E-state index contributed by atoms with van der Waals surface area (Å²) >= 11 is 0. The SMILES string of the molecule is COc1cc(NC(C)CCCNC(=O)[C@H](CCCCN)NC(=O)[C@@H](N)CCCCN)c2nc(C(C)(C)C)ccc2c1.Cl.Cl.Cl.Cl. The van der Waals surface area contributed by atoms with E-state index in [9.17, 15) is 9.59 Å². The van der Waals surface area contributed by atoms with Gasteiger partial charge < -0.3 is 37.9 Å². The van der Waals surface area contributed by atoms with E-state index in [1.54, 1.807) is 7.11 Å². The summed E-state index contributed by atoms with van der Waals surface area (Å²) in [5.74, 6) is 0.274. The average Bonchev–Trinajstić information content (AvgIpc) is 2.93. The van der Waals surface area contributed by atoms with Gasteiger partial charge in [-0.25, -0.2) is 0 Å². The number of nitrogens with zero attached hydrogens (tertiary/aromatic N) is 1. The fourth-order valence-corrected chi connectivity index (χ4v) is 4.61. The fraction of sp³-hybridized carbons (Fsp3) is 0.645. The molecule has 1 unspecified atom stereocenters. The molecule has 262 valence electrons. The van der Waals surface area contributed by atoms with Gasteiger partial charge in [0.2, 0.25) is 11.8 Å². The van der Waals surface area contributed by atoms with Crippen LogP contribution < -0.4 is 37.9 Å². The number of amides is 2.